The van der Waals surface area contributed by atoms with E-state index in [1.165, 1.54) is 0 Å². The van der Waals surface area contributed by atoms with Crippen LogP contribution in [0.4, 0.5) is 11.5 Å². The Balaban J connectivity index is 2.21. The van der Waals surface area contributed by atoms with Gasteiger partial charge in [0.2, 0.25) is 0 Å². The number of methoxy groups -OCH3 is 1. The summed E-state index contributed by atoms with van der Waals surface area (Å²) in [6, 6.07) is 11.4. The van der Waals surface area contributed by atoms with E-state index in [0.717, 1.165) is 5.69 Å². The summed E-state index contributed by atoms with van der Waals surface area (Å²) in [5, 5.41) is 3.55. The second-order valence-corrected chi connectivity index (χ2v) is 3.80. The van der Waals surface area contributed by atoms with E-state index in [0.29, 0.717) is 23.4 Å². The van der Waals surface area contributed by atoms with Crippen LogP contribution >= 0.6 is 11.6 Å². The van der Waals surface area contributed by atoms with Crippen LogP contribution in [-0.2, 0) is 11.3 Å². The zero-order chi connectivity index (χ0) is 12.1. The number of nitrogens with zero attached hydrogens (tertiary/aromatic N) is 2. The predicted octanol–water partition coefficient (Wildman–Crippen LogP) is 3.02. The number of halogens is 1. The number of nitrogens with one attached hydrogen (secondary N) is 1. The minimum atomic E-state index is 0.337. The van der Waals surface area contributed by atoms with Crippen LogP contribution in [0.15, 0.2) is 36.4 Å². The molecule has 0 atom stereocenters. The fourth-order valence-corrected chi connectivity index (χ4v) is 1.59. The zero-order valence-electron chi connectivity index (χ0n) is 9.35. The molecule has 0 saturated heterocycles. The molecule has 0 bridgehead atoms. The second-order valence-electron chi connectivity index (χ2n) is 3.42. The van der Waals surface area contributed by atoms with Gasteiger partial charge in [0.25, 0.3) is 0 Å². The smallest absolute Gasteiger partial charge is 0.158 e. The molecule has 88 valence electrons. The van der Waals surface area contributed by atoms with Gasteiger partial charge in [-0.15, -0.1) is 0 Å². The maximum Gasteiger partial charge on any atom is 0.158 e. The van der Waals surface area contributed by atoms with Gasteiger partial charge in [-0.3, -0.25) is 0 Å². The Morgan fingerprint density at radius 2 is 2.00 bits per heavy atom. The van der Waals surface area contributed by atoms with Crippen LogP contribution in [0.5, 0.6) is 0 Å². The molecule has 0 fully saturated rings. The van der Waals surface area contributed by atoms with Gasteiger partial charge in [0, 0.05) is 18.9 Å². The molecular formula is C12H12ClN3O. The lowest BCUT2D eigenvalue weighted by Crippen LogP contribution is -2.01. The number of aromatic nitrogens is 2. The molecular weight excluding hydrogens is 238 g/mol. The highest BCUT2D eigenvalue weighted by Gasteiger charge is 2.03. The minimum absolute atomic E-state index is 0.337. The summed E-state index contributed by atoms with van der Waals surface area (Å²) >= 11 is 5.91. The van der Waals surface area contributed by atoms with Crippen LogP contribution in [0.3, 0.4) is 0 Å². The Hall–Kier alpha value is -1.65. The van der Waals surface area contributed by atoms with Crippen LogP contribution < -0.4 is 5.32 Å². The van der Waals surface area contributed by atoms with E-state index >= 15 is 0 Å². The number of rotatable bonds is 4. The van der Waals surface area contributed by atoms with Crippen LogP contribution in [0, 0.1) is 0 Å². The number of hydrogen-bond acceptors (Lipinski definition) is 4. The monoisotopic (exact) mass is 249 g/mol. The summed E-state index contributed by atoms with van der Waals surface area (Å²) < 4.78 is 4.98. The zero-order valence-corrected chi connectivity index (χ0v) is 10.1. The number of ether oxygens (including phenoxy) is 1. The molecule has 1 N–H and O–H groups in total. The highest BCUT2D eigenvalue weighted by Crippen LogP contribution is 2.17. The van der Waals surface area contributed by atoms with E-state index in [2.05, 4.69) is 15.3 Å². The van der Waals surface area contributed by atoms with E-state index in [-0.39, 0.29) is 0 Å². The fourth-order valence-electron chi connectivity index (χ4n) is 1.39. The third-order valence-electron chi connectivity index (χ3n) is 2.06. The van der Waals surface area contributed by atoms with Gasteiger partial charge in [0.15, 0.2) is 5.82 Å². The summed E-state index contributed by atoms with van der Waals surface area (Å²) in [5.41, 5.74) is 0.950. The molecule has 0 unspecified atom stereocenters. The molecule has 2 aromatic rings. The number of benzene rings is 1. The number of anilines is 2. The van der Waals surface area contributed by atoms with Gasteiger partial charge in [-0.25, -0.2) is 9.97 Å². The summed E-state index contributed by atoms with van der Waals surface area (Å²) in [6.45, 7) is 0.337. The quantitative estimate of drug-likeness (QED) is 0.847. The van der Waals surface area contributed by atoms with Crippen molar-refractivity contribution in [1.29, 1.82) is 0 Å². The summed E-state index contributed by atoms with van der Waals surface area (Å²) in [7, 11) is 1.59. The predicted molar refractivity (Wildman–Crippen MR) is 67.5 cm³/mol. The molecule has 0 amide bonds. The molecule has 1 aromatic heterocycles. The Kier molecular flexibility index (Phi) is 3.90. The SMILES string of the molecule is COCc1nc(Cl)cc(Nc2ccccc2)n1. The number of hydrogen-bond donors (Lipinski definition) is 1. The summed E-state index contributed by atoms with van der Waals surface area (Å²) in [5.74, 6) is 1.21. The Morgan fingerprint density at radius 3 is 2.71 bits per heavy atom. The first kappa shape index (κ1) is 11.8. The minimum Gasteiger partial charge on any atom is -0.377 e. The van der Waals surface area contributed by atoms with Gasteiger partial charge in [-0.2, -0.15) is 0 Å². The third-order valence-corrected chi connectivity index (χ3v) is 2.25. The van der Waals surface area contributed by atoms with Crippen molar-refractivity contribution in [2.75, 3.05) is 12.4 Å². The maximum absolute atomic E-state index is 5.91. The van der Waals surface area contributed by atoms with E-state index in [1.807, 2.05) is 30.3 Å². The van der Waals surface area contributed by atoms with Crippen LogP contribution in [0.25, 0.3) is 0 Å². The lowest BCUT2D eigenvalue weighted by molar-refractivity contribution is 0.178. The van der Waals surface area contributed by atoms with Crippen LogP contribution in [0.1, 0.15) is 5.82 Å². The van der Waals surface area contributed by atoms with Gasteiger partial charge in [-0.05, 0) is 12.1 Å². The van der Waals surface area contributed by atoms with Crippen LogP contribution in [0.2, 0.25) is 5.15 Å². The fraction of sp³-hybridized carbons (Fsp3) is 0.167. The summed E-state index contributed by atoms with van der Waals surface area (Å²) in [4.78, 5) is 8.34. The first-order valence-corrected chi connectivity index (χ1v) is 5.50. The van der Waals surface area contributed by atoms with Crippen molar-refractivity contribution in [2.45, 2.75) is 6.61 Å². The third kappa shape index (κ3) is 3.41. The number of para-hydroxylation sites is 1. The molecule has 0 spiro atoms. The topological polar surface area (TPSA) is 47.0 Å². The van der Waals surface area contributed by atoms with Crippen molar-refractivity contribution in [2.24, 2.45) is 0 Å². The lowest BCUT2D eigenvalue weighted by atomic mass is 10.3. The Bertz CT molecular complexity index is 490. The molecule has 0 aliphatic rings. The molecule has 17 heavy (non-hydrogen) atoms. The van der Waals surface area contributed by atoms with Gasteiger partial charge in [-0.1, -0.05) is 29.8 Å². The first-order chi connectivity index (χ1) is 8.28. The van der Waals surface area contributed by atoms with Crippen molar-refractivity contribution in [3.8, 4) is 0 Å². The van der Waals surface area contributed by atoms with Gasteiger partial charge < -0.3 is 10.1 Å². The average Bonchev–Trinajstić information content (AvgIpc) is 2.30. The first-order valence-electron chi connectivity index (χ1n) is 5.12. The molecule has 0 aliphatic carbocycles. The van der Waals surface area contributed by atoms with E-state index in [1.54, 1.807) is 13.2 Å². The normalized spacial score (nSPS) is 10.2. The standard InChI is InChI=1S/C12H12ClN3O/c1-17-8-12-15-10(13)7-11(16-12)14-9-5-3-2-4-6-9/h2-7H,8H2,1H3,(H,14,15,16). The molecule has 4 nitrogen and oxygen atoms in total. The highest BCUT2D eigenvalue weighted by atomic mass is 35.5. The molecule has 1 heterocycles. The molecule has 2 rings (SSSR count). The maximum atomic E-state index is 5.91. The molecule has 1 aromatic carbocycles. The van der Waals surface area contributed by atoms with Gasteiger partial charge >= 0.3 is 0 Å². The van der Waals surface area contributed by atoms with Crippen molar-refractivity contribution in [3.63, 3.8) is 0 Å². The van der Waals surface area contributed by atoms with Crippen molar-refractivity contribution in [1.82, 2.24) is 9.97 Å². The molecule has 5 heteroatoms. The van der Waals surface area contributed by atoms with Gasteiger partial charge in [0.1, 0.15) is 17.6 Å². The molecule has 0 saturated carbocycles. The van der Waals surface area contributed by atoms with E-state index in [4.69, 9.17) is 16.3 Å². The largest absolute Gasteiger partial charge is 0.377 e. The average molecular weight is 250 g/mol. The molecule has 0 radical (unpaired) electrons. The van der Waals surface area contributed by atoms with E-state index < -0.39 is 0 Å². The van der Waals surface area contributed by atoms with E-state index in [9.17, 15) is 0 Å². The van der Waals surface area contributed by atoms with Crippen molar-refractivity contribution < 1.29 is 4.74 Å². The lowest BCUT2D eigenvalue weighted by Gasteiger charge is -2.07. The summed E-state index contributed by atoms with van der Waals surface area (Å²) in [6.07, 6.45) is 0. The van der Waals surface area contributed by atoms with Gasteiger partial charge in [0.05, 0.1) is 0 Å². The Morgan fingerprint density at radius 1 is 1.24 bits per heavy atom. The van der Waals surface area contributed by atoms with Crippen LogP contribution in [-0.4, -0.2) is 17.1 Å². The van der Waals surface area contributed by atoms with Crippen molar-refractivity contribution >= 4 is 23.1 Å². The second kappa shape index (κ2) is 5.61. The molecule has 0 aliphatic heterocycles. The highest BCUT2D eigenvalue weighted by molar-refractivity contribution is 6.29. The Labute approximate surface area is 105 Å². The van der Waals surface area contributed by atoms with Crippen molar-refractivity contribution in [3.05, 3.63) is 47.4 Å².